The van der Waals surface area contributed by atoms with Crippen LogP contribution < -0.4 is 10.2 Å². The molecule has 1 N–H and O–H groups in total. The van der Waals surface area contributed by atoms with E-state index in [1.54, 1.807) is 22.9 Å². The molecule has 2 aromatic carbocycles. The summed E-state index contributed by atoms with van der Waals surface area (Å²) in [5.74, 6) is -0.167. The van der Waals surface area contributed by atoms with Gasteiger partial charge in [0, 0.05) is 12.1 Å². The number of benzene rings is 2. The van der Waals surface area contributed by atoms with Gasteiger partial charge in [-0.2, -0.15) is 5.10 Å². The Morgan fingerprint density at radius 3 is 2.65 bits per heavy atom. The van der Waals surface area contributed by atoms with Crippen molar-refractivity contribution >= 4 is 52.3 Å². The number of nitrogens with one attached hydrogen (secondary N) is 1. The Morgan fingerprint density at radius 2 is 1.95 bits per heavy atom. The van der Waals surface area contributed by atoms with Crippen LogP contribution in [0.1, 0.15) is 29.7 Å². The first-order chi connectivity index (χ1) is 18.0. The Balaban J connectivity index is 1.78. The van der Waals surface area contributed by atoms with E-state index in [0.29, 0.717) is 28.8 Å². The number of para-hydroxylation sites is 1. The van der Waals surface area contributed by atoms with Crippen molar-refractivity contribution < 1.29 is 14.0 Å². The number of aromatic nitrogens is 2. The van der Waals surface area contributed by atoms with Crippen LogP contribution in [-0.2, 0) is 9.59 Å². The van der Waals surface area contributed by atoms with E-state index >= 15 is 0 Å². The molecule has 5 rings (SSSR count). The maximum absolute atomic E-state index is 13.8. The summed E-state index contributed by atoms with van der Waals surface area (Å²) >= 11 is 9.59. The number of anilines is 1. The van der Waals surface area contributed by atoms with Gasteiger partial charge in [-0.25, -0.2) is 9.07 Å². The summed E-state index contributed by atoms with van der Waals surface area (Å²) in [6.07, 6.45) is 0.785. The zero-order valence-electron chi connectivity index (χ0n) is 20.0. The average molecular weight is 555 g/mol. The summed E-state index contributed by atoms with van der Waals surface area (Å²) < 4.78 is 15.5. The second-order valence-corrected chi connectivity index (χ2v) is 10.9. The van der Waals surface area contributed by atoms with Crippen LogP contribution in [-0.4, -0.2) is 40.4 Å². The van der Waals surface area contributed by atoms with Gasteiger partial charge in [-0.3, -0.25) is 14.5 Å². The van der Waals surface area contributed by atoms with E-state index in [9.17, 15) is 14.0 Å². The molecule has 0 spiro atoms. The highest BCUT2D eigenvalue weighted by molar-refractivity contribution is 8.00. The molecule has 0 unspecified atom stereocenters. The van der Waals surface area contributed by atoms with Crippen molar-refractivity contribution in [1.29, 1.82) is 0 Å². The SMILES string of the molecule is CCCNC(=O)CN1C(=O)CS[C@H](c2ccc(F)cc2)c2c(-c3cccs3)nn(-c3ccccc3Cl)c21. The molecular formula is C27H24ClFN4O2S2. The van der Waals surface area contributed by atoms with Crippen molar-refractivity contribution in [1.82, 2.24) is 15.1 Å². The van der Waals surface area contributed by atoms with E-state index < -0.39 is 0 Å². The van der Waals surface area contributed by atoms with Gasteiger partial charge >= 0.3 is 0 Å². The van der Waals surface area contributed by atoms with Crippen molar-refractivity contribution in [3.8, 4) is 16.3 Å². The van der Waals surface area contributed by atoms with Gasteiger partial charge in [0.15, 0.2) is 0 Å². The fraction of sp³-hybridized carbons (Fsp3) is 0.222. The van der Waals surface area contributed by atoms with Gasteiger partial charge < -0.3 is 5.32 Å². The molecule has 0 aliphatic carbocycles. The van der Waals surface area contributed by atoms with Crippen molar-refractivity contribution in [3.63, 3.8) is 0 Å². The monoisotopic (exact) mass is 554 g/mol. The lowest BCUT2D eigenvalue weighted by Crippen LogP contribution is -2.42. The minimum atomic E-state index is -0.335. The van der Waals surface area contributed by atoms with E-state index in [1.807, 2.05) is 42.6 Å². The van der Waals surface area contributed by atoms with E-state index in [-0.39, 0.29) is 35.2 Å². The Kier molecular flexibility index (Phi) is 7.64. The predicted octanol–water partition coefficient (Wildman–Crippen LogP) is 6.09. The van der Waals surface area contributed by atoms with Gasteiger partial charge in [-0.1, -0.05) is 48.9 Å². The number of hydrogen-bond donors (Lipinski definition) is 1. The molecular weight excluding hydrogens is 531 g/mol. The number of hydrogen-bond acceptors (Lipinski definition) is 5. The number of thiophene rings is 1. The van der Waals surface area contributed by atoms with Crippen LogP contribution in [0.3, 0.4) is 0 Å². The molecule has 0 fully saturated rings. The second kappa shape index (κ2) is 11.1. The molecule has 0 radical (unpaired) electrons. The second-order valence-electron chi connectivity index (χ2n) is 8.50. The summed E-state index contributed by atoms with van der Waals surface area (Å²) in [5.41, 5.74) is 2.92. The van der Waals surface area contributed by atoms with Crippen LogP contribution in [0.4, 0.5) is 10.2 Å². The quantitative estimate of drug-likeness (QED) is 0.300. The topological polar surface area (TPSA) is 67.2 Å². The summed E-state index contributed by atoms with van der Waals surface area (Å²) in [4.78, 5) is 28.9. The lowest BCUT2D eigenvalue weighted by Gasteiger charge is -2.23. The largest absolute Gasteiger partial charge is 0.355 e. The third kappa shape index (κ3) is 5.16. The van der Waals surface area contributed by atoms with Crippen LogP contribution in [0.15, 0.2) is 66.0 Å². The maximum Gasteiger partial charge on any atom is 0.240 e. The van der Waals surface area contributed by atoms with Gasteiger partial charge in [0.2, 0.25) is 11.8 Å². The molecule has 2 aromatic heterocycles. The Labute approximate surface area is 227 Å². The number of thioether (sulfide) groups is 1. The molecule has 0 saturated heterocycles. The number of carbonyl (C=O) groups is 2. The first-order valence-corrected chi connectivity index (χ1v) is 14.1. The summed E-state index contributed by atoms with van der Waals surface area (Å²) in [5, 5.41) is 9.96. The molecule has 2 amide bonds. The zero-order valence-corrected chi connectivity index (χ0v) is 22.4. The van der Waals surface area contributed by atoms with Crippen molar-refractivity contribution in [2.45, 2.75) is 18.6 Å². The fourth-order valence-electron chi connectivity index (χ4n) is 4.27. The molecule has 3 heterocycles. The van der Waals surface area contributed by atoms with Crippen molar-refractivity contribution in [2.75, 3.05) is 23.7 Å². The molecule has 1 atom stereocenters. The third-order valence-electron chi connectivity index (χ3n) is 5.97. The summed E-state index contributed by atoms with van der Waals surface area (Å²) in [6.45, 7) is 2.34. The number of nitrogens with zero attached hydrogens (tertiary/aromatic N) is 3. The maximum atomic E-state index is 13.8. The number of fused-ring (bicyclic) bond motifs is 1. The smallest absolute Gasteiger partial charge is 0.240 e. The molecule has 1 aliphatic heterocycles. The zero-order chi connectivity index (χ0) is 25.9. The number of amides is 2. The molecule has 37 heavy (non-hydrogen) atoms. The first kappa shape index (κ1) is 25.5. The van der Waals surface area contributed by atoms with Crippen molar-refractivity contribution in [3.05, 3.63) is 88.0 Å². The van der Waals surface area contributed by atoms with E-state index in [0.717, 1.165) is 22.4 Å². The van der Waals surface area contributed by atoms with Gasteiger partial charge in [0.1, 0.15) is 23.9 Å². The highest BCUT2D eigenvalue weighted by Crippen LogP contribution is 2.49. The molecule has 0 saturated carbocycles. The number of halogens is 2. The minimum absolute atomic E-state index is 0.143. The summed E-state index contributed by atoms with van der Waals surface area (Å²) in [7, 11) is 0. The third-order valence-corrected chi connectivity index (χ3v) is 8.42. The standard InChI is InChI=1S/C27H24ClFN4O2S2/c1-2-13-30-22(34)15-32-23(35)16-37-26(17-9-11-18(29)12-10-17)24-25(21-8-5-14-36-21)31-33(27(24)32)20-7-4-3-6-19(20)28/h3-12,14,26H,2,13,15-16H2,1H3,(H,30,34)/t26-/m1/s1. The molecule has 4 aromatic rings. The molecule has 190 valence electrons. The van der Waals surface area contributed by atoms with E-state index in [2.05, 4.69) is 5.32 Å². The Hall–Kier alpha value is -3.14. The molecule has 0 bridgehead atoms. The van der Waals surface area contributed by atoms with Crippen LogP contribution in [0.5, 0.6) is 0 Å². The highest BCUT2D eigenvalue weighted by atomic mass is 35.5. The van der Waals surface area contributed by atoms with Crippen LogP contribution in [0.2, 0.25) is 5.02 Å². The predicted molar refractivity (Wildman–Crippen MR) is 148 cm³/mol. The normalized spacial score (nSPS) is 15.4. The van der Waals surface area contributed by atoms with Gasteiger partial charge in [-0.05, 0) is 47.7 Å². The fourth-order valence-corrected chi connectivity index (χ4v) is 6.41. The number of carbonyl (C=O) groups excluding carboxylic acids is 2. The average Bonchev–Trinajstić information content (AvgIpc) is 3.53. The van der Waals surface area contributed by atoms with Crippen molar-refractivity contribution in [2.24, 2.45) is 0 Å². The lowest BCUT2D eigenvalue weighted by atomic mass is 10.0. The van der Waals surface area contributed by atoms with Gasteiger partial charge in [0.05, 0.1) is 26.6 Å². The van der Waals surface area contributed by atoms with E-state index in [1.165, 1.54) is 40.1 Å². The minimum Gasteiger partial charge on any atom is -0.355 e. The molecule has 1 aliphatic rings. The summed E-state index contributed by atoms with van der Waals surface area (Å²) in [6, 6.07) is 17.5. The van der Waals surface area contributed by atoms with Crippen LogP contribution in [0.25, 0.3) is 16.3 Å². The number of rotatable bonds is 7. The molecule has 6 nitrogen and oxygen atoms in total. The molecule has 10 heteroatoms. The van der Waals surface area contributed by atoms with Gasteiger partial charge in [-0.15, -0.1) is 23.1 Å². The Morgan fingerprint density at radius 1 is 1.16 bits per heavy atom. The van der Waals surface area contributed by atoms with Gasteiger partial charge in [0.25, 0.3) is 0 Å². The Bertz CT molecular complexity index is 1420. The van der Waals surface area contributed by atoms with Crippen LogP contribution >= 0.6 is 34.7 Å². The highest BCUT2D eigenvalue weighted by Gasteiger charge is 2.38. The first-order valence-electron chi connectivity index (χ1n) is 11.8. The van der Waals surface area contributed by atoms with Crippen LogP contribution in [0, 0.1) is 5.82 Å². The lowest BCUT2D eigenvalue weighted by molar-refractivity contribution is -0.122. The van der Waals surface area contributed by atoms with E-state index in [4.69, 9.17) is 16.7 Å².